The van der Waals surface area contributed by atoms with E-state index < -0.39 is 0 Å². The lowest BCUT2D eigenvalue weighted by Crippen LogP contribution is -2.35. The Morgan fingerprint density at radius 2 is 1.94 bits per heavy atom. The molecule has 0 atom stereocenters. The molecule has 0 unspecified atom stereocenters. The van der Waals surface area contributed by atoms with E-state index in [1.54, 1.807) is 31.0 Å². The number of aromatic nitrogens is 7. The van der Waals surface area contributed by atoms with Crippen LogP contribution < -0.4 is 10.2 Å². The minimum absolute atomic E-state index is 0.273. The van der Waals surface area contributed by atoms with E-state index in [1.807, 2.05) is 31.3 Å². The second-order valence-corrected chi connectivity index (χ2v) is 8.87. The van der Waals surface area contributed by atoms with E-state index in [4.69, 9.17) is 0 Å². The van der Waals surface area contributed by atoms with Crippen LogP contribution in [0.4, 0.5) is 10.8 Å². The van der Waals surface area contributed by atoms with E-state index in [1.165, 1.54) is 11.3 Å². The number of amides is 1. The van der Waals surface area contributed by atoms with Crippen LogP contribution in [0, 0.1) is 6.92 Å². The van der Waals surface area contributed by atoms with Crippen molar-refractivity contribution in [2.45, 2.75) is 20.0 Å². The minimum Gasteiger partial charge on any atom is -0.362 e. The molecule has 0 radical (unpaired) electrons. The van der Waals surface area contributed by atoms with Gasteiger partial charge in [0.05, 0.1) is 29.7 Å². The second kappa shape index (κ2) is 8.27. The molecular weight excluding hydrogens is 450 g/mol. The number of hydrogen-bond acceptors (Lipinski definition) is 9. The number of nitrogens with one attached hydrogen (secondary N) is 1. The summed E-state index contributed by atoms with van der Waals surface area (Å²) in [6.45, 7) is 4.14. The fourth-order valence-electron chi connectivity index (χ4n) is 3.96. The van der Waals surface area contributed by atoms with Crippen molar-refractivity contribution in [3.8, 4) is 11.3 Å². The number of thiazole rings is 1. The molecular formula is C23H19N9OS. The van der Waals surface area contributed by atoms with Crippen LogP contribution in [0.5, 0.6) is 0 Å². The molecule has 1 N–H and O–H groups in total. The molecule has 0 bridgehead atoms. The first-order chi connectivity index (χ1) is 16.6. The van der Waals surface area contributed by atoms with Crippen molar-refractivity contribution in [3.63, 3.8) is 0 Å². The van der Waals surface area contributed by atoms with E-state index in [2.05, 4.69) is 44.7 Å². The van der Waals surface area contributed by atoms with Crippen LogP contribution in [-0.2, 0) is 13.1 Å². The highest BCUT2D eigenvalue weighted by Crippen LogP contribution is 2.29. The number of rotatable bonds is 4. The Morgan fingerprint density at radius 3 is 2.82 bits per heavy atom. The maximum Gasteiger partial charge on any atom is 0.261 e. The van der Waals surface area contributed by atoms with E-state index in [-0.39, 0.29) is 5.91 Å². The van der Waals surface area contributed by atoms with E-state index in [0.717, 1.165) is 41.6 Å². The molecule has 5 aromatic rings. The largest absolute Gasteiger partial charge is 0.362 e. The number of hydrogen-bond donors (Lipinski definition) is 1. The first kappa shape index (κ1) is 20.4. The van der Waals surface area contributed by atoms with Crippen LogP contribution >= 0.6 is 11.3 Å². The molecule has 6 rings (SSSR count). The van der Waals surface area contributed by atoms with Crippen molar-refractivity contribution in [2.75, 3.05) is 16.8 Å². The van der Waals surface area contributed by atoms with Gasteiger partial charge < -0.3 is 9.47 Å². The zero-order valence-corrected chi connectivity index (χ0v) is 19.0. The first-order valence-corrected chi connectivity index (χ1v) is 11.5. The lowest BCUT2D eigenvalue weighted by atomic mass is 10.1. The predicted octanol–water partition coefficient (Wildman–Crippen LogP) is 3.32. The lowest BCUT2D eigenvalue weighted by molar-refractivity contribution is 0.102. The molecule has 0 fully saturated rings. The van der Waals surface area contributed by atoms with E-state index in [0.29, 0.717) is 27.7 Å². The number of carbonyl (C=O) groups is 1. The summed E-state index contributed by atoms with van der Waals surface area (Å²) in [4.78, 5) is 42.4. The summed E-state index contributed by atoms with van der Waals surface area (Å²) in [7, 11) is 0. The van der Waals surface area contributed by atoms with Gasteiger partial charge in [0, 0.05) is 55.3 Å². The maximum absolute atomic E-state index is 13.3. The summed E-state index contributed by atoms with van der Waals surface area (Å²) in [5.74, 6) is 0.699. The Kier molecular flexibility index (Phi) is 4.95. The molecule has 5 aromatic heterocycles. The standard InChI is InChI=1S/C23H19N9OS/c1-14-10-18(32-9-8-31-7-6-25-19(31)13-32)16(11-26-14)21(33)30-23-29-20-22(34-23)28-17(12-27-20)15-2-4-24-5-3-15/h2-7,10-12H,8-9,13H2,1H3,(H,27,29,30,33). The van der Waals surface area contributed by atoms with Crippen LogP contribution in [-0.4, -0.2) is 46.9 Å². The quantitative estimate of drug-likeness (QED) is 0.426. The summed E-state index contributed by atoms with van der Waals surface area (Å²) < 4.78 is 2.13. The van der Waals surface area contributed by atoms with Crippen LogP contribution in [0.2, 0.25) is 0 Å². The third-order valence-corrected chi connectivity index (χ3v) is 6.52. The van der Waals surface area contributed by atoms with Crippen molar-refractivity contribution < 1.29 is 4.79 Å². The Hall–Kier alpha value is -4.25. The number of aryl methyl sites for hydroxylation is 1. The molecule has 10 nitrogen and oxygen atoms in total. The Morgan fingerprint density at radius 1 is 1.06 bits per heavy atom. The van der Waals surface area contributed by atoms with Crippen LogP contribution in [0.25, 0.3) is 21.7 Å². The summed E-state index contributed by atoms with van der Waals surface area (Å²) in [6, 6.07) is 5.69. The molecule has 11 heteroatoms. The van der Waals surface area contributed by atoms with Gasteiger partial charge >= 0.3 is 0 Å². The number of fused-ring (bicyclic) bond motifs is 2. The Labute approximate surface area is 198 Å². The molecule has 0 spiro atoms. The van der Waals surface area contributed by atoms with Crippen LogP contribution in [0.1, 0.15) is 21.9 Å². The zero-order valence-electron chi connectivity index (χ0n) is 18.2. The third kappa shape index (κ3) is 3.75. The molecule has 168 valence electrons. The fraction of sp³-hybridized carbons (Fsp3) is 0.174. The van der Waals surface area contributed by atoms with E-state index in [9.17, 15) is 4.79 Å². The fourth-order valence-corrected chi connectivity index (χ4v) is 4.75. The molecule has 6 heterocycles. The van der Waals surface area contributed by atoms with Gasteiger partial charge in [0.15, 0.2) is 15.6 Å². The number of imidazole rings is 1. The topological polar surface area (TPSA) is 115 Å². The first-order valence-electron chi connectivity index (χ1n) is 10.7. The van der Waals surface area contributed by atoms with Gasteiger partial charge in [0.25, 0.3) is 5.91 Å². The third-order valence-electron chi connectivity index (χ3n) is 5.67. The van der Waals surface area contributed by atoms with Crippen molar-refractivity contribution in [1.29, 1.82) is 0 Å². The second-order valence-electron chi connectivity index (χ2n) is 7.89. The summed E-state index contributed by atoms with van der Waals surface area (Å²) in [5, 5.41) is 3.35. The minimum atomic E-state index is -0.273. The number of nitrogens with zero attached hydrogens (tertiary/aromatic N) is 8. The number of anilines is 2. The molecule has 0 aliphatic carbocycles. The van der Waals surface area contributed by atoms with Gasteiger partial charge in [-0.25, -0.2) is 15.0 Å². The zero-order chi connectivity index (χ0) is 23.1. The Balaban J connectivity index is 1.28. The number of pyridine rings is 2. The molecule has 1 amide bonds. The summed E-state index contributed by atoms with van der Waals surface area (Å²) in [6.07, 6.45) is 10.5. The molecule has 0 saturated heterocycles. The van der Waals surface area contributed by atoms with Crippen LogP contribution in [0.3, 0.4) is 0 Å². The number of carbonyl (C=O) groups excluding carboxylic acids is 1. The monoisotopic (exact) mass is 469 g/mol. The van der Waals surface area contributed by atoms with E-state index >= 15 is 0 Å². The van der Waals surface area contributed by atoms with Crippen LogP contribution in [0.15, 0.2) is 55.4 Å². The van der Waals surface area contributed by atoms with Gasteiger partial charge in [-0.05, 0) is 25.1 Å². The molecule has 1 aliphatic heterocycles. The summed E-state index contributed by atoms with van der Waals surface area (Å²) >= 11 is 1.29. The predicted molar refractivity (Wildman–Crippen MR) is 129 cm³/mol. The van der Waals surface area contributed by atoms with Gasteiger partial charge in [-0.15, -0.1) is 0 Å². The highest BCUT2D eigenvalue weighted by molar-refractivity contribution is 7.21. The highest BCUT2D eigenvalue weighted by Gasteiger charge is 2.23. The van der Waals surface area contributed by atoms with Gasteiger partial charge in [0.1, 0.15) is 5.82 Å². The van der Waals surface area contributed by atoms with Crippen molar-refractivity contribution in [3.05, 3.63) is 72.5 Å². The van der Waals surface area contributed by atoms with Crippen molar-refractivity contribution in [1.82, 2.24) is 34.5 Å². The van der Waals surface area contributed by atoms with Gasteiger partial charge in [-0.1, -0.05) is 11.3 Å². The van der Waals surface area contributed by atoms with Crippen molar-refractivity contribution in [2.24, 2.45) is 0 Å². The molecule has 1 aliphatic rings. The maximum atomic E-state index is 13.3. The molecule has 34 heavy (non-hydrogen) atoms. The lowest BCUT2D eigenvalue weighted by Gasteiger charge is -2.31. The Bertz CT molecular complexity index is 1510. The molecule has 0 aromatic carbocycles. The normalized spacial score (nSPS) is 13.1. The smallest absolute Gasteiger partial charge is 0.261 e. The average Bonchev–Trinajstić information content (AvgIpc) is 3.49. The van der Waals surface area contributed by atoms with Gasteiger partial charge in [-0.2, -0.15) is 4.98 Å². The highest BCUT2D eigenvalue weighted by atomic mass is 32.1. The van der Waals surface area contributed by atoms with Crippen molar-refractivity contribution >= 4 is 38.5 Å². The van der Waals surface area contributed by atoms with Gasteiger partial charge in [-0.3, -0.25) is 20.1 Å². The average molecular weight is 470 g/mol. The summed E-state index contributed by atoms with van der Waals surface area (Å²) in [5.41, 5.74) is 4.30. The SMILES string of the molecule is Cc1cc(N2CCn3ccnc3C2)c(C(=O)Nc2nc3ncc(-c4ccncc4)nc3s2)cn1. The molecule has 0 saturated carbocycles. The van der Waals surface area contributed by atoms with Gasteiger partial charge in [0.2, 0.25) is 0 Å².